The van der Waals surface area contributed by atoms with Crippen molar-refractivity contribution < 1.29 is 24.2 Å². The summed E-state index contributed by atoms with van der Waals surface area (Å²) >= 11 is 0. The number of fused-ring (bicyclic) bond motifs is 3. The van der Waals surface area contributed by atoms with Crippen LogP contribution in [0.5, 0.6) is 0 Å². The van der Waals surface area contributed by atoms with Crippen molar-refractivity contribution in [3.05, 3.63) is 59.7 Å². The first-order valence-corrected chi connectivity index (χ1v) is 9.16. The number of carbonyl (C=O) groups is 2. The molecule has 6 nitrogen and oxygen atoms in total. The number of esters is 1. The molecule has 1 atom stereocenters. The van der Waals surface area contributed by atoms with Crippen molar-refractivity contribution in [1.82, 2.24) is 4.90 Å². The van der Waals surface area contributed by atoms with Gasteiger partial charge in [-0.05, 0) is 43.0 Å². The van der Waals surface area contributed by atoms with Crippen LogP contribution in [0.3, 0.4) is 0 Å². The minimum absolute atomic E-state index is 0.565. The number of hydrogen-bond acceptors (Lipinski definition) is 5. The van der Waals surface area contributed by atoms with Gasteiger partial charge >= 0.3 is 12.1 Å². The summed E-state index contributed by atoms with van der Waals surface area (Å²) in [5.74, 6) is -0.678. The van der Waals surface area contributed by atoms with Gasteiger partial charge in [0.15, 0.2) is 6.04 Å². The molecule has 2 aromatic rings. The number of amides is 1. The number of ether oxygens (including phenoxy) is 2. The average Bonchev–Trinajstić information content (AvgIpc) is 2.98. The fourth-order valence-corrected chi connectivity index (χ4v) is 3.59. The average molecular weight is 383 g/mol. The number of methoxy groups -OCH3 is 1. The number of aliphatic hydroxyl groups excluding tert-OH is 1. The highest BCUT2D eigenvalue weighted by Gasteiger charge is 2.43. The van der Waals surface area contributed by atoms with Crippen LogP contribution in [0.15, 0.2) is 48.5 Å². The number of benzene rings is 2. The molecule has 2 aromatic carbocycles. The molecule has 0 fully saturated rings. The number of hydrogen-bond donors (Lipinski definition) is 1. The van der Waals surface area contributed by atoms with E-state index in [-0.39, 0.29) is 0 Å². The van der Waals surface area contributed by atoms with E-state index in [4.69, 9.17) is 9.47 Å². The van der Waals surface area contributed by atoms with Gasteiger partial charge in [0.25, 0.3) is 0 Å². The van der Waals surface area contributed by atoms with Crippen molar-refractivity contribution in [2.45, 2.75) is 38.5 Å². The molecule has 148 valence electrons. The van der Waals surface area contributed by atoms with Gasteiger partial charge in [-0.1, -0.05) is 48.5 Å². The Kier molecular flexibility index (Phi) is 5.42. The number of nitrogens with zero attached hydrogens (tertiary/aromatic N) is 1. The van der Waals surface area contributed by atoms with Gasteiger partial charge in [-0.3, -0.25) is 4.90 Å². The van der Waals surface area contributed by atoms with Gasteiger partial charge in [-0.2, -0.15) is 0 Å². The molecule has 28 heavy (non-hydrogen) atoms. The third-order valence-corrected chi connectivity index (χ3v) is 4.65. The monoisotopic (exact) mass is 383 g/mol. The molecule has 3 rings (SSSR count). The van der Waals surface area contributed by atoms with Crippen molar-refractivity contribution in [3.8, 4) is 11.1 Å². The summed E-state index contributed by atoms with van der Waals surface area (Å²) in [5, 5.41) is 10.0. The Morgan fingerprint density at radius 3 is 1.96 bits per heavy atom. The van der Waals surface area contributed by atoms with Gasteiger partial charge in [0.1, 0.15) is 5.60 Å². The Labute approximate surface area is 164 Å². The Morgan fingerprint density at radius 1 is 1.04 bits per heavy atom. The van der Waals surface area contributed by atoms with E-state index in [1.54, 1.807) is 20.8 Å². The Bertz CT molecular complexity index is 841. The van der Waals surface area contributed by atoms with E-state index < -0.39 is 36.4 Å². The van der Waals surface area contributed by atoms with Crippen molar-refractivity contribution in [2.24, 2.45) is 0 Å². The van der Waals surface area contributed by atoms with Crippen molar-refractivity contribution in [3.63, 3.8) is 0 Å². The molecule has 0 aliphatic heterocycles. The minimum Gasteiger partial charge on any atom is -0.458 e. The van der Waals surface area contributed by atoms with E-state index in [1.807, 2.05) is 48.5 Å². The molecule has 0 aromatic heterocycles. The smallest absolute Gasteiger partial charge is 0.411 e. The topological polar surface area (TPSA) is 76.1 Å². The van der Waals surface area contributed by atoms with Gasteiger partial charge in [0.2, 0.25) is 0 Å². The molecule has 0 heterocycles. The highest BCUT2D eigenvalue weighted by Crippen LogP contribution is 2.47. The maximum atomic E-state index is 12.8. The highest BCUT2D eigenvalue weighted by atomic mass is 16.6. The van der Waals surface area contributed by atoms with E-state index in [0.717, 1.165) is 22.3 Å². The maximum Gasteiger partial charge on any atom is 0.411 e. The lowest BCUT2D eigenvalue weighted by molar-refractivity contribution is -0.163. The molecular weight excluding hydrogens is 358 g/mol. The first-order valence-electron chi connectivity index (χ1n) is 9.16. The van der Waals surface area contributed by atoms with Crippen LogP contribution in [0.25, 0.3) is 11.1 Å². The van der Waals surface area contributed by atoms with E-state index in [9.17, 15) is 14.7 Å². The van der Waals surface area contributed by atoms with Crippen molar-refractivity contribution in [2.75, 3.05) is 13.7 Å². The minimum atomic E-state index is -1.20. The van der Waals surface area contributed by atoms with Gasteiger partial charge in [0.05, 0.1) is 19.8 Å². The van der Waals surface area contributed by atoms with Gasteiger partial charge < -0.3 is 14.6 Å². The van der Waals surface area contributed by atoms with E-state index in [1.165, 1.54) is 12.0 Å². The van der Waals surface area contributed by atoms with Crippen molar-refractivity contribution >= 4 is 12.1 Å². The molecule has 1 aliphatic carbocycles. The van der Waals surface area contributed by atoms with Crippen LogP contribution >= 0.6 is 0 Å². The molecule has 0 radical (unpaired) electrons. The van der Waals surface area contributed by atoms with E-state index in [2.05, 4.69) is 0 Å². The van der Waals surface area contributed by atoms with Crippen LogP contribution in [-0.4, -0.2) is 47.4 Å². The standard InChI is InChI=1S/C22H25NO5/c1-22(2,3)28-20(25)18(13-24)23(21(26)27-4)19-16-11-7-5-9-14(16)15-10-6-8-12-17(15)19/h5-12,18-19,24H,13H2,1-4H3/t18-/m0/s1. The first kappa shape index (κ1) is 19.9. The second-order valence-corrected chi connectivity index (χ2v) is 7.69. The van der Waals surface area contributed by atoms with Crippen LogP contribution in [0.1, 0.15) is 37.9 Å². The summed E-state index contributed by atoms with van der Waals surface area (Å²) in [4.78, 5) is 26.9. The quantitative estimate of drug-likeness (QED) is 0.818. The lowest BCUT2D eigenvalue weighted by atomic mass is 10.0. The molecule has 0 spiro atoms. The number of rotatable bonds is 4. The van der Waals surface area contributed by atoms with Gasteiger partial charge in [-0.25, -0.2) is 9.59 Å². The van der Waals surface area contributed by atoms with Gasteiger partial charge in [-0.15, -0.1) is 0 Å². The summed E-state index contributed by atoms with van der Waals surface area (Å²) in [6, 6.07) is 13.6. The van der Waals surface area contributed by atoms with Crippen LogP contribution in [0.4, 0.5) is 4.79 Å². The van der Waals surface area contributed by atoms with Crippen LogP contribution < -0.4 is 0 Å². The molecule has 0 saturated carbocycles. The maximum absolute atomic E-state index is 12.8. The van der Waals surface area contributed by atoms with Gasteiger partial charge in [0, 0.05) is 0 Å². The van der Waals surface area contributed by atoms with E-state index >= 15 is 0 Å². The Balaban J connectivity index is 2.12. The fourth-order valence-electron chi connectivity index (χ4n) is 3.59. The molecular formula is C22H25NO5. The summed E-state index contributed by atoms with van der Waals surface area (Å²) in [6.07, 6.45) is -0.707. The van der Waals surface area contributed by atoms with Crippen molar-refractivity contribution in [1.29, 1.82) is 0 Å². The Hall–Kier alpha value is -2.86. The number of carbonyl (C=O) groups excluding carboxylic acids is 2. The summed E-state index contributed by atoms with van der Waals surface area (Å²) in [7, 11) is 1.26. The normalized spacial score (nSPS) is 14.0. The summed E-state index contributed by atoms with van der Waals surface area (Å²) in [5.41, 5.74) is 2.96. The fraction of sp³-hybridized carbons (Fsp3) is 0.364. The molecule has 6 heteroatoms. The Morgan fingerprint density at radius 2 is 1.54 bits per heavy atom. The zero-order valence-corrected chi connectivity index (χ0v) is 16.5. The third-order valence-electron chi connectivity index (χ3n) is 4.65. The largest absolute Gasteiger partial charge is 0.458 e. The second kappa shape index (κ2) is 7.64. The summed E-state index contributed by atoms with van der Waals surface area (Å²) < 4.78 is 10.4. The molecule has 1 N–H and O–H groups in total. The lowest BCUT2D eigenvalue weighted by Crippen LogP contribution is -2.51. The predicted molar refractivity (Wildman–Crippen MR) is 105 cm³/mol. The second-order valence-electron chi connectivity index (χ2n) is 7.69. The molecule has 1 aliphatic rings. The molecule has 0 unspecified atom stereocenters. The third kappa shape index (κ3) is 3.60. The SMILES string of the molecule is COC(=O)N(C1c2ccccc2-c2ccccc21)[C@@H](CO)C(=O)OC(C)(C)C. The summed E-state index contributed by atoms with van der Waals surface area (Å²) in [6.45, 7) is 4.64. The number of aliphatic hydroxyl groups is 1. The molecule has 0 saturated heterocycles. The molecule has 1 amide bonds. The molecule has 0 bridgehead atoms. The van der Waals surface area contributed by atoms with E-state index in [0.29, 0.717) is 0 Å². The first-order chi connectivity index (χ1) is 13.3. The zero-order valence-electron chi connectivity index (χ0n) is 16.5. The van der Waals surface area contributed by atoms with Crippen LogP contribution in [0, 0.1) is 0 Å². The van der Waals surface area contributed by atoms with Crippen LogP contribution in [0.2, 0.25) is 0 Å². The lowest BCUT2D eigenvalue weighted by Gasteiger charge is -2.35. The zero-order chi connectivity index (χ0) is 20.5. The predicted octanol–water partition coefficient (Wildman–Crippen LogP) is 3.53. The highest BCUT2D eigenvalue weighted by molar-refractivity contribution is 5.85. The van der Waals surface area contributed by atoms with Crippen LogP contribution in [-0.2, 0) is 14.3 Å².